The topological polar surface area (TPSA) is 89.2 Å². The lowest BCUT2D eigenvalue weighted by molar-refractivity contribution is 0.255. The van der Waals surface area contributed by atoms with Crippen LogP contribution in [-0.2, 0) is 0 Å². The smallest absolute Gasteiger partial charge is 0.220 e. The number of ether oxygens (including phenoxy) is 1. The Bertz CT molecular complexity index is 937. The number of rotatable bonds is 6. The Balaban J connectivity index is 1.69. The Morgan fingerprint density at radius 3 is 2.61 bits per heavy atom. The van der Waals surface area contributed by atoms with Crippen LogP contribution in [-0.4, -0.2) is 30.0 Å². The van der Waals surface area contributed by atoms with E-state index in [1.54, 1.807) is 35.2 Å². The lowest BCUT2D eigenvalue weighted by Crippen LogP contribution is -2.45. The predicted octanol–water partition coefficient (Wildman–Crippen LogP) is 4.20. The zero-order valence-corrected chi connectivity index (χ0v) is 16.8. The van der Waals surface area contributed by atoms with Gasteiger partial charge in [0.05, 0.1) is 21.7 Å². The highest BCUT2D eigenvalue weighted by atomic mass is 35.5. The first-order chi connectivity index (χ1) is 13.4. The minimum Gasteiger partial charge on any atom is -0.493 e. The van der Waals surface area contributed by atoms with Gasteiger partial charge in [-0.3, -0.25) is 0 Å². The van der Waals surface area contributed by atoms with E-state index in [9.17, 15) is 4.39 Å². The molecule has 0 spiro atoms. The van der Waals surface area contributed by atoms with Crippen molar-refractivity contribution in [3.05, 3.63) is 62.8 Å². The molecule has 1 aliphatic rings. The van der Waals surface area contributed by atoms with E-state index in [0.717, 1.165) is 0 Å². The van der Waals surface area contributed by atoms with Gasteiger partial charge >= 0.3 is 0 Å². The fraction of sp³-hybridized carbons (Fsp3) is 0.222. The van der Waals surface area contributed by atoms with E-state index in [2.05, 4.69) is 9.98 Å². The van der Waals surface area contributed by atoms with Crippen molar-refractivity contribution < 1.29 is 9.13 Å². The largest absolute Gasteiger partial charge is 0.493 e. The van der Waals surface area contributed by atoms with Crippen LogP contribution in [0, 0.1) is 5.82 Å². The van der Waals surface area contributed by atoms with E-state index in [1.807, 2.05) is 0 Å². The van der Waals surface area contributed by atoms with Crippen molar-refractivity contribution >= 4 is 46.7 Å². The van der Waals surface area contributed by atoms with Gasteiger partial charge in [0.1, 0.15) is 11.6 Å². The Labute approximate surface area is 176 Å². The maximum absolute atomic E-state index is 14.5. The quantitative estimate of drug-likeness (QED) is 0.654. The van der Waals surface area contributed by atoms with Crippen LogP contribution in [0.3, 0.4) is 0 Å². The second kappa shape index (κ2) is 8.86. The standard InChI is InChI=1S/C18H17Cl3FN5O/c19-12-6-5-10(9-14(12)21)28-8-2-7-27-16(25-17(23)26-18(27)24)11-3-1-4-13(20)15(11)22/h1,3-6,9,16H,2,7-8H2,(H4,23,24,25,26). The van der Waals surface area contributed by atoms with E-state index >= 15 is 0 Å². The summed E-state index contributed by atoms with van der Waals surface area (Å²) in [5, 5.41) is 0.858. The molecule has 0 radical (unpaired) electrons. The van der Waals surface area contributed by atoms with Crippen molar-refractivity contribution in [1.29, 1.82) is 0 Å². The van der Waals surface area contributed by atoms with E-state index < -0.39 is 12.0 Å². The first kappa shape index (κ1) is 20.5. The molecule has 0 bridgehead atoms. The number of guanidine groups is 2. The summed E-state index contributed by atoms with van der Waals surface area (Å²) in [4.78, 5) is 9.84. The molecule has 2 aromatic rings. The van der Waals surface area contributed by atoms with Crippen molar-refractivity contribution in [2.24, 2.45) is 21.5 Å². The number of benzene rings is 2. The summed E-state index contributed by atoms with van der Waals surface area (Å²) in [5.74, 6) is 0.142. The molecule has 0 aliphatic carbocycles. The third kappa shape index (κ3) is 4.60. The zero-order chi connectivity index (χ0) is 20.3. The first-order valence-electron chi connectivity index (χ1n) is 8.32. The molecule has 4 N–H and O–H groups in total. The maximum Gasteiger partial charge on any atom is 0.220 e. The predicted molar refractivity (Wildman–Crippen MR) is 111 cm³/mol. The van der Waals surface area contributed by atoms with Crippen LogP contribution in [0.4, 0.5) is 4.39 Å². The molecule has 0 fully saturated rings. The van der Waals surface area contributed by atoms with E-state index in [0.29, 0.717) is 35.4 Å². The molecule has 1 unspecified atom stereocenters. The molecule has 148 valence electrons. The molecule has 0 saturated heterocycles. The van der Waals surface area contributed by atoms with Crippen molar-refractivity contribution in [2.75, 3.05) is 13.2 Å². The van der Waals surface area contributed by atoms with E-state index in [-0.39, 0.29) is 22.5 Å². The lowest BCUT2D eigenvalue weighted by Gasteiger charge is -2.33. The second-order valence-electron chi connectivity index (χ2n) is 5.95. The van der Waals surface area contributed by atoms with Gasteiger partial charge in [-0.05, 0) is 24.6 Å². The molecular formula is C18H17Cl3FN5O. The van der Waals surface area contributed by atoms with Gasteiger partial charge in [0.2, 0.25) is 11.9 Å². The number of hydrogen-bond donors (Lipinski definition) is 2. The second-order valence-corrected chi connectivity index (χ2v) is 7.17. The van der Waals surface area contributed by atoms with Gasteiger partial charge in [-0.1, -0.05) is 46.9 Å². The van der Waals surface area contributed by atoms with Crippen LogP contribution in [0.15, 0.2) is 46.4 Å². The highest BCUT2D eigenvalue weighted by Crippen LogP contribution is 2.30. The fourth-order valence-corrected chi connectivity index (χ4v) is 3.19. The minimum atomic E-state index is -0.763. The van der Waals surface area contributed by atoms with Crippen molar-refractivity contribution in [2.45, 2.75) is 12.6 Å². The Morgan fingerprint density at radius 1 is 1.07 bits per heavy atom. The third-order valence-corrected chi connectivity index (χ3v) is 5.07. The molecule has 0 amide bonds. The fourth-order valence-electron chi connectivity index (χ4n) is 2.72. The molecular weight excluding hydrogens is 428 g/mol. The van der Waals surface area contributed by atoms with Crippen LogP contribution < -0.4 is 16.2 Å². The maximum atomic E-state index is 14.5. The van der Waals surface area contributed by atoms with Crippen molar-refractivity contribution in [3.8, 4) is 5.75 Å². The lowest BCUT2D eigenvalue weighted by atomic mass is 10.1. The number of nitrogens with two attached hydrogens (primary N) is 2. The van der Waals surface area contributed by atoms with Crippen LogP contribution in [0.2, 0.25) is 15.1 Å². The molecule has 28 heavy (non-hydrogen) atoms. The molecule has 0 aromatic heterocycles. The van der Waals surface area contributed by atoms with Gasteiger partial charge < -0.3 is 21.1 Å². The number of nitrogens with zero attached hydrogens (tertiary/aromatic N) is 3. The summed E-state index contributed by atoms with van der Waals surface area (Å²) in [6, 6.07) is 9.70. The normalized spacial score (nSPS) is 16.6. The Hall–Kier alpha value is -2.22. The molecule has 1 heterocycles. The molecule has 6 nitrogen and oxygen atoms in total. The summed E-state index contributed by atoms with van der Waals surface area (Å²) < 4.78 is 20.2. The van der Waals surface area contributed by atoms with Gasteiger partial charge in [-0.15, -0.1) is 0 Å². The van der Waals surface area contributed by atoms with Gasteiger partial charge in [0, 0.05) is 18.2 Å². The minimum absolute atomic E-state index is 0.00439. The van der Waals surface area contributed by atoms with Crippen molar-refractivity contribution in [1.82, 2.24) is 4.90 Å². The van der Waals surface area contributed by atoms with Crippen LogP contribution in [0.1, 0.15) is 18.2 Å². The van der Waals surface area contributed by atoms with Gasteiger partial charge in [0.25, 0.3) is 0 Å². The molecule has 3 rings (SSSR count). The van der Waals surface area contributed by atoms with Gasteiger partial charge in [-0.25, -0.2) is 9.38 Å². The van der Waals surface area contributed by atoms with Crippen LogP contribution in [0.5, 0.6) is 5.75 Å². The number of hydrogen-bond acceptors (Lipinski definition) is 6. The highest BCUT2D eigenvalue weighted by molar-refractivity contribution is 6.42. The van der Waals surface area contributed by atoms with Crippen LogP contribution >= 0.6 is 34.8 Å². The summed E-state index contributed by atoms with van der Waals surface area (Å²) in [6.07, 6.45) is -0.203. The van der Waals surface area contributed by atoms with Crippen LogP contribution in [0.25, 0.3) is 0 Å². The Morgan fingerprint density at radius 2 is 1.86 bits per heavy atom. The zero-order valence-electron chi connectivity index (χ0n) is 14.6. The first-order valence-corrected chi connectivity index (χ1v) is 9.46. The van der Waals surface area contributed by atoms with E-state index in [4.69, 9.17) is 51.0 Å². The van der Waals surface area contributed by atoms with E-state index in [1.165, 1.54) is 6.07 Å². The Kier molecular flexibility index (Phi) is 6.49. The van der Waals surface area contributed by atoms with Crippen molar-refractivity contribution in [3.63, 3.8) is 0 Å². The molecule has 2 aromatic carbocycles. The SMILES string of the molecule is NC1=NC(c2cccc(Cl)c2F)N(CCCOc2ccc(Cl)c(Cl)c2)C(N)=N1. The summed E-state index contributed by atoms with van der Waals surface area (Å²) in [6.45, 7) is 0.774. The molecule has 0 saturated carbocycles. The number of aliphatic imine (C=N–C) groups is 2. The summed E-state index contributed by atoms with van der Waals surface area (Å²) in [7, 11) is 0. The average Bonchev–Trinajstić information content (AvgIpc) is 2.65. The van der Waals surface area contributed by atoms with Gasteiger partial charge in [0.15, 0.2) is 6.17 Å². The summed E-state index contributed by atoms with van der Waals surface area (Å²) in [5.41, 5.74) is 12.0. The monoisotopic (exact) mass is 443 g/mol. The molecule has 10 heteroatoms. The molecule has 1 aliphatic heterocycles. The number of halogens is 4. The summed E-state index contributed by atoms with van der Waals surface area (Å²) >= 11 is 17.8. The average molecular weight is 445 g/mol. The van der Waals surface area contributed by atoms with Gasteiger partial charge in [-0.2, -0.15) is 4.99 Å². The highest BCUT2D eigenvalue weighted by Gasteiger charge is 2.28. The molecule has 1 atom stereocenters. The third-order valence-electron chi connectivity index (χ3n) is 4.04.